The van der Waals surface area contributed by atoms with E-state index in [0.717, 1.165) is 0 Å². The second kappa shape index (κ2) is 9.53. The van der Waals surface area contributed by atoms with Gasteiger partial charge in [0, 0.05) is 19.3 Å². The zero-order valence-electron chi connectivity index (χ0n) is 16.7. The predicted molar refractivity (Wildman–Crippen MR) is 105 cm³/mol. The summed E-state index contributed by atoms with van der Waals surface area (Å²) in [5.41, 5.74) is -0.163. The molecule has 0 bridgehead atoms. The van der Waals surface area contributed by atoms with Crippen LogP contribution in [0.4, 0.5) is 10.7 Å². The first-order chi connectivity index (χ1) is 14.8. The van der Waals surface area contributed by atoms with E-state index >= 15 is 0 Å². The largest absolute Gasteiger partial charge is 0.481 e. The van der Waals surface area contributed by atoms with Crippen LogP contribution in [0.2, 0.25) is 0 Å². The smallest absolute Gasteiger partial charge is 0.335 e. The van der Waals surface area contributed by atoms with Gasteiger partial charge in [0.1, 0.15) is 0 Å². The Morgan fingerprint density at radius 2 is 1.77 bits per heavy atom. The van der Waals surface area contributed by atoms with Crippen molar-refractivity contribution in [3.8, 4) is 11.8 Å². The summed E-state index contributed by atoms with van der Waals surface area (Å²) in [6, 6.07) is 2.97. The summed E-state index contributed by atoms with van der Waals surface area (Å²) in [4.78, 5) is 38.1. The summed E-state index contributed by atoms with van der Waals surface area (Å²) in [6.07, 6.45) is 1.21. The van der Waals surface area contributed by atoms with Crippen LogP contribution in [0.1, 0.15) is 10.4 Å². The van der Waals surface area contributed by atoms with Crippen LogP contribution in [0, 0.1) is 0 Å². The van der Waals surface area contributed by atoms with E-state index in [1.807, 2.05) is 0 Å². The number of ether oxygens (including phenoxy) is 3. The van der Waals surface area contributed by atoms with E-state index < -0.39 is 27.0 Å². The molecule has 0 atom stereocenters. The number of hydrogen-bond acceptors (Lipinski definition) is 10. The Morgan fingerprint density at radius 1 is 1.13 bits per heavy atom. The van der Waals surface area contributed by atoms with Crippen LogP contribution in [-0.4, -0.2) is 80.7 Å². The Balaban J connectivity index is 1.80. The van der Waals surface area contributed by atoms with Crippen molar-refractivity contribution < 1.29 is 32.2 Å². The number of carbonyl (C=O) groups is 2. The number of hydrogen-bond donors (Lipinski definition) is 2. The maximum atomic E-state index is 12.8. The summed E-state index contributed by atoms with van der Waals surface area (Å²) in [6.45, 7) is 1.32. The molecule has 3 heterocycles. The van der Waals surface area contributed by atoms with E-state index in [-0.39, 0.29) is 23.3 Å². The highest BCUT2D eigenvalue weighted by Gasteiger charge is 2.29. The van der Waals surface area contributed by atoms with Crippen LogP contribution in [0.15, 0.2) is 29.4 Å². The third-order valence-corrected chi connectivity index (χ3v) is 5.39. The lowest BCUT2D eigenvalue weighted by molar-refractivity contribution is 0.0300. The van der Waals surface area contributed by atoms with Crippen LogP contribution >= 0.6 is 0 Å². The number of anilines is 1. The van der Waals surface area contributed by atoms with Gasteiger partial charge >= 0.3 is 6.03 Å². The van der Waals surface area contributed by atoms with Crippen LogP contribution in [0.25, 0.3) is 0 Å². The molecule has 1 saturated heterocycles. The fraction of sp³-hybridized carbons (Fsp3) is 0.353. The first-order valence-electron chi connectivity index (χ1n) is 8.97. The van der Waals surface area contributed by atoms with E-state index in [4.69, 9.17) is 14.2 Å². The second-order valence-corrected chi connectivity index (χ2v) is 7.69. The Labute approximate surface area is 177 Å². The molecule has 0 aromatic carbocycles. The number of morpholine rings is 1. The maximum Gasteiger partial charge on any atom is 0.335 e. The van der Waals surface area contributed by atoms with Gasteiger partial charge in [-0.25, -0.2) is 14.5 Å². The molecule has 2 N–H and O–H groups in total. The number of aromatic nitrogens is 3. The molecule has 0 unspecified atom stereocenters. The summed E-state index contributed by atoms with van der Waals surface area (Å²) < 4.78 is 42.5. The molecule has 13 nitrogen and oxygen atoms in total. The molecule has 0 spiro atoms. The molecule has 2 aromatic heterocycles. The normalized spacial score (nSPS) is 13.9. The fourth-order valence-electron chi connectivity index (χ4n) is 2.67. The molecule has 31 heavy (non-hydrogen) atoms. The third kappa shape index (κ3) is 5.35. The highest BCUT2D eigenvalue weighted by Crippen LogP contribution is 2.18. The molecule has 1 aliphatic rings. The van der Waals surface area contributed by atoms with Gasteiger partial charge in [0.05, 0.1) is 39.1 Å². The number of nitrogens with one attached hydrogen (secondary N) is 2. The monoisotopic (exact) mass is 452 g/mol. The van der Waals surface area contributed by atoms with E-state index in [0.29, 0.717) is 26.3 Å². The van der Waals surface area contributed by atoms with Crippen molar-refractivity contribution in [2.24, 2.45) is 0 Å². The van der Waals surface area contributed by atoms with Crippen molar-refractivity contribution in [3.63, 3.8) is 0 Å². The minimum absolute atomic E-state index is 0.0909. The predicted octanol–water partition coefficient (Wildman–Crippen LogP) is -0.128. The van der Waals surface area contributed by atoms with E-state index in [2.05, 4.69) is 20.3 Å². The Bertz CT molecular complexity index is 1050. The SMILES string of the molecule is COc1cc(OC)nc(NC(=O)NS(=O)(=O)c2ncccc2C(=O)N2CCOCC2)n1. The molecular weight excluding hydrogens is 432 g/mol. The van der Waals surface area contributed by atoms with Crippen molar-refractivity contribution in [2.75, 3.05) is 45.8 Å². The summed E-state index contributed by atoms with van der Waals surface area (Å²) in [7, 11) is -1.79. The highest BCUT2D eigenvalue weighted by atomic mass is 32.2. The lowest BCUT2D eigenvalue weighted by Gasteiger charge is -2.27. The Morgan fingerprint density at radius 3 is 2.39 bits per heavy atom. The second-order valence-electron chi connectivity index (χ2n) is 6.10. The third-order valence-electron chi connectivity index (χ3n) is 4.10. The molecule has 3 amide bonds. The Hall–Kier alpha value is -3.52. The molecular formula is C17H20N6O7S. The van der Waals surface area contributed by atoms with E-state index in [1.54, 1.807) is 4.72 Å². The number of rotatable bonds is 6. The van der Waals surface area contributed by atoms with Crippen molar-refractivity contribution in [1.82, 2.24) is 24.6 Å². The molecule has 14 heteroatoms. The molecule has 0 saturated carbocycles. The number of urea groups is 1. The van der Waals surface area contributed by atoms with Gasteiger partial charge in [-0.1, -0.05) is 0 Å². The minimum Gasteiger partial charge on any atom is -0.481 e. The molecule has 1 aliphatic heterocycles. The van der Waals surface area contributed by atoms with Crippen molar-refractivity contribution >= 4 is 27.9 Å². The van der Waals surface area contributed by atoms with Crippen molar-refractivity contribution in [2.45, 2.75) is 5.03 Å². The zero-order valence-corrected chi connectivity index (χ0v) is 17.5. The summed E-state index contributed by atoms with van der Waals surface area (Å²) in [5.74, 6) is -0.603. The van der Waals surface area contributed by atoms with Crippen LogP contribution in [-0.2, 0) is 14.8 Å². The molecule has 2 aromatic rings. The van der Waals surface area contributed by atoms with Crippen LogP contribution in [0.5, 0.6) is 11.8 Å². The van der Waals surface area contributed by atoms with Gasteiger partial charge in [0.2, 0.25) is 17.7 Å². The average Bonchev–Trinajstić information content (AvgIpc) is 2.78. The van der Waals surface area contributed by atoms with Gasteiger partial charge in [-0.2, -0.15) is 18.4 Å². The quantitative estimate of drug-likeness (QED) is 0.604. The highest BCUT2D eigenvalue weighted by molar-refractivity contribution is 7.90. The first-order valence-corrected chi connectivity index (χ1v) is 10.5. The topological polar surface area (TPSA) is 162 Å². The van der Waals surface area contributed by atoms with E-state index in [9.17, 15) is 18.0 Å². The van der Waals surface area contributed by atoms with Gasteiger partial charge in [-0.3, -0.25) is 10.1 Å². The standard InChI is InChI=1S/C17H20N6O7S/c1-28-12-10-13(29-2)20-16(19-12)21-17(25)22-31(26,27)14-11(4-3-5-18-14)15(24)23-6-8-30-9-7-23/h3-5,10H,6-9H2,1-2H3,(H2,19,20,21,22,25). The van der Waals surface area contributed by atoms with Crippen molar-refractivity contribution in [3.05, 3.63) is 30.0 Å². The van der Waals surface area contributed by atoms with Gasteiger partial charge < -0.3 is 19.1 Å². The van der Waals surface area contributed by atoms with E-state index in [1.165, 1.54) is 43.5 Å². The van der Waals surface area contributed by atoms with Gasteiger partial charge in [-0.15, -0.1) is 0 Å². The van der Waals surface area contributed by atoms with Gasteiger partial charge in [0.15, 0.2) is 5.03 Å². The van der Waals surface area contributed by atoms with Crippen molar-refractivity contribution in [1.29, 1.82) is 0 Å². The number of pyridine rings is 1. The fourth-order valence-corrected chi connectivity index (χ4v) is 3.71. The molecule has 0 radical (unpaired) electrons. The van der Waals surface area contributed by atoms with Crippen LogP contribution in [0.3, 0.4) is 0 Å². The lowest BCUT2D eigenvalue weighted by Crippen LogP contribution is -2.42. The maximum absolute atomic E-state index is 12.8. The van der Waals surface area contributed by atoms with Gasteiger partial charge in [0.25, 0.3) is 15.9 Å². The molecule has 166 valence electrons. The molecule has 0 aliphatic carbocycles. The number of amides is 3. The Kier molecular flexibility index (Phi) is 6.81. The minimum atomic E-state index is -4.50. The lowest BCUT2D eigenvalue weighted by atomic mass is 10.2. The first kappa shape index (κ1) is 22.2. The van der Waals surface area contributed by atoms with Crippen LogP contribution < -0.4 is 19.5 Å². The number of nitrogens with zero attached hydrogens (tertiary/aromatic N) is 4. The molecule has 3 rings (SSSR count). The zero-order chi connectivity index (χ0) is 22.4. The number of sulfonamides is 1. The molecule has 1 fully saturated rings. The summed E-state index contributed by atoms with van der Waals surface area (Å²) in [5, 5.41) is 1.60. The summed E-state index contributed by atoms with van der Waals surface area (Å²) >= 11 is 0. The number of carbonyl (C=O) groups excluding carboxylic acids is 2. The van der Waals surface area contributed by atoms with Gasteiger partial charge in [-0.05, 0) is 12.1 Å². The number of methoxy groups -OCH3 is 2. The average molecular weight is 452 g/mol.